The molecule has 0 bridgehead atoms. The van der Waals surface area contributed by atoms with E-state index in [0.29, 0.717) is 5.76 Å². The van der Waals surface area contributed by atoms with E-state index in [2.05, 4.69) is 18.3 Å². The monoisotopic (exact) mass is 347 g/mol. The van der Waals surface area contributed by atoms with Gasteiger partial charge in [0.05, 0.1) is 5.69 Å². The van der Waals surface area contributed by atoms with Gasteiger partial charge >= 0.3 is 0 Å². The first kappa shape index (κ1) is 15.8. The first-order valence-electron chi connectivity index (χ1n) is 8.21. The van der Waals surface area contributed by atoms with Crippen molar-refractivity contribution in [1.29, 1.82) is 0 Å². The van der Waals surface area contributed by atoms with Crippen molar-refractivity contribution in [1.82, 2.24) is 0 Å². The van der Waals surface area contributed by atoms with Gasteiger partial charge < -0.3 is 9.73 Å². The van der Waals surface area contributed by atoms with Crippen LogP contribution in [-0.2, 0) is 0 Å². The molecule has 0 saturated heterocycles. The summed E-state index contributed by atoms with van der Waals surface area (Å²) >= 11 is 1.70. The Labute approximate surface area is 150 Å². The second-order valence-corrected chi connectivity index (χ2v) is 7.00. The Bertz CT molecular complexity index is 1070. The number of benzene rings is 3. The summed E-state index contributed by atoms with van der Waals surface area (Å²) in [6.45, 7) is 2.09. The molecular formula is C21H17NO2S. The lowest BCUT2D eigenvalue weighted by molar-refractivity contribution is 0.0998. The van der Waals surface area contributed by atoms with Gasteiger partial charge in [-0.1, -0.05) is 49.4 Å². The molecule has 3 nitrogen and oxygen atoms in total. The third-order valence-electron chi connectivity index (χ3n) is 4.08. The number of thioether (sulfide) groups is 1. The Hall–Kier alpha value is -2.72. The molecule has 25 heavy (non-hydrogen) atoms. The molecule has 0 unspecified atom stereocenters. The number of amides is 1. The highest BCUT2D eigenvalue weighted by molar-refractivity contribution is 7.99. The minimum absolute atomic E-state index is 0.232. The van der Waals surface area contributed by atoms with Crippen LogP contribution in [0, 0.1) is 0 Å². The molecule has 0 fully saturated rings. The number of anilines is 1. The van der Waals surface area contributed by atoms with Gasteiger partial charge in [-0.3, -0.25) is 4.79 Å². The van der Waals surface area contributed by atoms with Gasteiger partial charge in [-0.25, -0.2) is 0 Å². The number of hydrogen-bond acceptors (Lipinski definition) is 3. The Morgan fingerprint density at radius 2 is 1.80 bits per heavy atom. The molecule has 0 saturated carbocycles. The summed E-state index contributed by atoms with van der Waals surface area (Å²) in [5, 5.41) is 6.14. The zero-order valence-electron chi connectivity index (χ0n) is 13.8. The molecule has 1 N–H and O–H groups in total. The van der Waals surface area contributed by atoms with Gasteiger partial charge in [-0.05, 0) is 40.8 Å². The molecule has 3 aromatic carbocycles. The van der Waals surface area contributed by atoms with Gasteiger partial charge in [0.25, 0.3) is 5.91 Å². The number of para-hydroxylation sites is 1. The molecule has 0 aliphatic rings. The summed E-state index contributed by atoms with van der Waals surface area (Å²) in [5.41, 5.74) is 1.53. The molecule has 0 atom stereocenters. The van der Waals surface area contributed by atoms with Crippen molar-refractivity contribution in [3.8, 4) is 0 Å². The lowest BCUT2D eigenvalue weighted by Crippen LogP contribution is -2.11. The third kappa shape index (κ3) is 3.01. The Balaban J connectivity index is 1.70. The van der Waals surface area contributed by atoms with E-state index >= 15 is 0 Å². The van der Waals surface area contributed by atoms with Gasteiger partial charge in [0, 0.05) is 10.3 Å². The molecule has 0 aliphatic carbocycles. The molecule has 1 aromatic heterocycles. The van der Waals surface area contributed by atoms with Crippen LogP contribution in [0.15, 0.2) is 76.0 Å². The molecule has 0 aliphatic heterocycles. The second kappa shape index (κ2) is 6.65. The molecule has 1 heterocycles. The Kier molecular flexibility index (Phi) is 4.20. The first-order chi connectivity index (χ1) is 12.3. The standard InChI is InChI=1S/C21H17NO2S/c1-2-25-20-10-6-5-9-17(20)22-21(23)19-13-16-15-8-4-3-7-14(15)11-12-18(16)24-19/h3-13H,2H2,1H3,(H,22,23). The maximum Gasteiger partial charge on any atom is 0.291 e. The number of carbonyl (C=O) groups excluding carboxylic acids is 1. The fourth-order valence-corrected chi connectivity index (χ4v) is 3.70. The molecular weight excluding hydrogens is 330 g/mol. The predicted octanol–water partition coefficient (Wildman–Crippen LogP) is 5.95. The highest BCUT2D eigenvalue weighted by atomic mass is 32.2. The zero-order chi connectivity index (χ0) is 17.2. The number of carbonyl (C=O) groups is 1. The highest BCUT2D eigenvalue weighted by Crippen LogP contribution is 2.30. The second-order valence-electron chi connectivity index (χ2n) is 5.69. The van der Waals surface area contributed by atoms with E-state index in [-0.39, 0.29) is 5.91 Å². The number of rotatable bonds is 4. The van der Waals surface area contributed by atoms with Crippen LogP contribution >= 0.6 is 11.8 Å². The number of hydrogen-bond donors (Lipinski definition) is 1. The van der Waals surface area contributed by atoms with Crippen LogP contribution in [0.25, 0.3) is 21.7 Å². The largest absolute Gasteiger partial charge is 0.451 e. The Morgan fingerprint density at radius 1 is 1.00 bits per heavy atom. The van der Waals surface area contributed by atoms with Crippen molar-refractivity contribution in [2.45, 2.75) is 11.8 Å². The summed E-state index contributed by atoms with van der Waals surface area (Å²) in [5.74, 6) is 1.04. The average Bonchev–Trinajstić information content (AvgIpc) is 3.08. The maximum absolute atomic E-state index is 12.7. The van der Waals surface area contributed by atoms with Crippen molar-refractivity contribution >= 4 is 45.1 Å². The van der Waals surface area contributed by atoms with Crippen molar-refractivity contribution in [3.63, 3.8) is 0 Å². The van der Waals surface area contributed by atoms with Gasteiger partial charge in [0.1, 0.15) is 5.58 Å². The fraction of sp³-hybridized carbons (Fsp3) is 0.0952. The topological polar surface area (TPSA) is 42.2 Å². The van der Waals surface area contributed by atoms with Crippen LogP contribution in [0.1, 0.15) is 17.5 Å². The zero-order valence-corrected chi connectivity index (χ0v) is 14.6. The van der Waals surface area contributed by atoms with Crippen LogP contribution in [0.2, 0.25) is 0 Å². The Morgan fingerprint density at radius 3 is 2.68 bits per heavy atom. The molecule has 124 valence electrons. The SMILES string of the molecule is CCSc1ccccc1NC(=O)c1cc2c(ccc3ccccc32)o1. The van der Waals surface area contributed by atoms with Gasteiger partial charge in [-0.2, -0.15) is 0 Å². The molecule has 4 aromatic rings. The van der Waals surface area contributed by atoms with Crippen molar-refractivity contribution in [2.75, 3.05) is 11.1 Å². The van der Waals surface area contributed by atoms with E-state index < -0.39 is 0 Å². The lowest BCUT2D eigenvalue weighted by Gasteiger charge is -2.08. The first-order valence-corrected chi connectivity index (χ1v) is 9.19. The third-order valence-corrected chi connectivity index (χ3v) is 5.04. The summed E-state index contributed by atoms with van der Waals surface area (Å²) in [7, 11) is 0. The highest BCUT2D eigenvalue weighted by Gasteiger charge is 2.15. The average molecular weight is 347 g/mol. The van der Waals surface area contributed by atoms with Crippen molar-refractivity contribution in [3.05, 3.63) is 72.5 Å². The van der Waals surface area contributed by atoms with E-state index in [1.165, 1.54) is 0 Å². The van der Waals surface area contributed by atoms with Crippen LogP contribution in [-0.4, -0.2) is 11.7 Å². The van der Waals surface area contributed by atoms with E-state index in [1.54, 1.807) is 11.8 Å². The number of furan rings is 1. The quantitative estimate of drug-likeness (QED) is 0.464. The summed E-state index contributed by atoms with van der Waals surface area (Å²) in [6, 6.07) is 21.7. The predicted molar refractivity (Wildman–Crippen MR) is 105 cm³/mol. The smallest absolute Gasteiger partial charge is 0.291 e. The summed E-state index contributed by atoms with van der Waals surface area (Å²) in [6.07, 6.45) is 0. The van der Waals surface area contributed by atoms with Gasteiger partial charge in [-0.15, -0.1) is 11.8 Å². The van der Waals surface area contributed by atoms with E-state index in [1.807, 2.05) is 60.7 Å². The van der Waals surface area contributed by atoms with Crippen LogP contribution < -0.4 is 5.32 Å². The fourth-order valence-electron chi connectivity index (χ4n) is 2.94. The number of nitrogens with one attached hydrogen (secondary N) is 1. The molecule has 0 radical (unpaired) electrons. The van der Waals surface area contributed by atoms with Crippen LogP contribution in [0.3, 0.4) is 0 Å². The van der Waals surface area contributed by atoms with Crippen molar-refractivity contribution in [2.24, 2.45) is 0 Å². The lowest BCUT2D eigenvalue weighted by atomic mass is 10.1. The maximum atomic E-state index is 12.7. The normalized spacial score (nSPS) is 11.1. The molecule has 1 amide bonds. The van der Waals surface area contributed by atoms with Gasteiger partial charge in [0.15, 0.2) is 5.76 Å². The molecule has 4 heteroatoms. The number of fused-ring (bicyclic) bond motifs is 3. The molecule has 0 spiro atoms. The van der Waals surface area contributed by atoms with Crippen LogP contribution in [0.4, 0.5) is 5.69 Å². The van der Waals surface area contributed by atoms with Crippen LogP contribution in [0.5, 0.6) is 0 Å². The molecule has 4 rings (SSSR count). The van der Waals surface area contributed by atoms with E-state index in [0.717, 1.165) is 38.1 Å². The van der Waals surface area contributed by atoms with Crippen molar-refractivity contribution < 1.29 is 9.21 Å². The minimum Gasteiger partial charge on any atom is -0.451 e. The summed E-state index contributed by atoms with van der Waals surface area (Å²) < 4.78 is 5.79. The minimum atomic E-state index is -0.232. The van der Waals surface area contributed by atoms with E-state index in [4.69, 9.17) is 4.42 Å². The summed E-state index contributed by atoms with van der Waals surface area (Å²) in [4.78, 5) is 13.7. The van der Waals surface area contributed by atoms with E-state index in [9.17, 15) is 4.79 Å². The van der Waals surface area contributed by atoms with Gasteiger partial charge in [0.2, 0.25) is 0 Å².